The molecule has 7 heteroatoms. The van der Waals surface area contributed by atoms with E-state index in [4.69, 9.17) is 16.2 Å². The van der Waals surface area contributed by atoms with Crippen molar-refractivity contribution in [2.75, 3.05) is 5.73 Å². The molecule has 0 radical (unpaired) electrons. The highest BCUT2D eigenvalue weighted by Gasteiger charge is 2.26. The molecule has 6 nitrogen and oxygen atoms in total. The molecule has 3 aromatic carbocycles. The Morgan fingerprint density at radius 1 is 0.906 bits per heavy atom. The van der Waals surface area contributed by atoms with Crippen LogP contribution in [-0.2, 0) is 0 Å². The van der Waals surface area contributed by atoms with E-state index in [1.54, 1.807) is 36.4 Å². The molecule has 4 aromatic rings. The first-order valence-electron chi connectivity index (χ1n) is 9.81. The van der Waals surface area contributed by atoms with Crippen molar-refractivity contribution in [3.8, 4) is 22.8 Å². The standard InChI is InChI=1S/C25H20BrN3O3/c1-14-18(8-5-9-19(14)26)24(30)23-21(27)20(25(28)31)22(29-23)15-10-12-17(13-11-15)32-16-6-3-2-4-7-16/h2-13,29H,27H2,1H3,(H2,28,31). The number of ether oxygens (including phenoxy) is 1. The Labute approximate surface area is 193 Å². The van der Waals surface area contributed by atoms with Gasteiger partial charge in [0, 0.05) is 10.0 Å². The number of benzene rings is 3. The average Bonchev–Trinajstić information content (AvgIpc) is 3.14. The number of nitrogen functional groups attached to an aromatic ring is 1. The van der Waals surface area contributed by atoms with Crippen LogP contribution in [0.4, 0.5) is 5.69 Å². The minimum Gasteiger partial charge on any atom is -0.457 e. The molecule has 1 heterocycles. The molecule has 0 fully saturated rings. The molecule has 0 atom stereocenters. The van der Waals surface area contributed by atoms with Gasteiger partial charge in [-0.1, -0.05) is 46.3 Å². The lowest BCUT2D eigenvalue weighted by molar-refractivity contribution is 0.100. The lowest BCUT2D eigenvalue weighted by Gasteiger charge is -2.07. The zero-order chi connectivity index (χ0) is 22.8. The van der Waals surface area contributed by atoms with Crippen LogP contribution in [0.5, 0.6) is 11.5 Å². The number of rotatable bonds is 6. The molecule has 0 bridgehead atoms. The number of amides is 1. The lowest BCUT2D eigenvalue weighted by Crippen LogP contribution is -2.14. The van der Waals surface area contributed by atoms with E-state index >= 15 is 0 Å². The van der Waals surface area contributed by atoms with Crippen LogP contribution in [0.25, 0.3) is 11.3 Å². The first-order chi connectivity index (χ1) is 15.4. The summed E-state index contributed by atoms with van der Waals surface area (Å²) in [6.07, 6.45) is 0. The maximum atomic E-state index is 13.2. The summed E-state index contributed by atoms with van der Waals surface area (Å²) in [6.45, 7) is 1.83. The fraction of sp³-hybridized carbons (Fsp3) is 0.0400. The van der Waals surface area contributed by atoms with E-state index in [9.17, 15) is 9.59 Å². The minimum atomic E-state index is -0.719. The highest BCUT2D eigenvalue weighted by Crippen LogP contribution is 2.33. The summed E-state index contributed by atoms with van der Waals surface area (Å²) < 4.78 is 6.61. The van der Waals surface area contributed by atoms with Gasteiger partial charge in [-0.25, -0.2) is 0 Å². The fourth-order valence-corrected chi connectivity index (χ4v) is 3.83. The maximum absolute atomic E-state index is 13.2. The Morgan fingerprint density at radius 3 is 2.22 bits per heavy atom. The first kappa shape index (κ1) is 21.4. The van der Waals surface area contributed by atoms with Crippen LogP contribution in [0.3, 0.4) is 0 Å². The molecule has 4 rings (SSSR count). The number of anilines is 1. The summed E-state index contributed by atoms with van der Waals surface area (Å²) >= 11 is 3.44. The van der Waals surface area contributed by atoms with E-state index in [-0.39, 0.29) is 22.7 Å². The molecule has 0 saturated heterocycles. The molecule has 5 N–H and O–H groups in total. The van der Waals surface area contributed by atoms with Gasteiger partial charge in [0.2, 0.25) is 5.78 Å². The second kappa shape index (κ2) is 8.72. The Bertz CT molecular complexity index is 1310. The van der Waals surface area contributed by atoms with Crippen molar-refractivity contribution in [1.82, 2.24) is 4.98 Å². The molecule has 1 aromatic heterocycles. The first-order valence-corrected chi connectivity index (χ1v) is 10.6. The van der Waals surface area contributed by atoms with Crippen LogP contribution in [0, 0.1) is 6.92 Å². The van der Waals surface area contributed by atoms with Crippen LogP contribution in [0.1, 0.15) is 32.0 Å². The smallest absolute Gasteiger partial charge is 0.253 e. The van der Waals surface area contributed by atoms with Gasteiger partial charge in [0.25, 0.3) is 5.91 Å². The summed E-state index contributed by atoms with van der Waals surface area (Å²) in [4.78, 5) is 28.4. The number of carbonyl (C=O) groups excluding carboxylic acids is 2. The van der Waals surface area contributed by atoms with Crippen molar-refractivity contribution in [3.05, 3.63) is 99.7 Å². The van der Waals surface area contributed by atoms with Crippen molar-refractivity contribution >= 4 is 33.3 Å². The lowest BCUT2D eigenvalue weighted by atomic mass is 10.0. The maximum Gasteiger partial charge on any atom is 0.253 e. The number of hydrogen-bond acceptors (Lipinski definition) is 4. The number of nitrogens with one attached hydrogen (secondary N) is 1. The third kappa shape index (κ3) is 4.02. The van der Waals surface area contributed by atoms with E-state index in [1.807, 2.05) is 43.3 Å². The minimum absolute atomic E-state index is 0.0292. The van der Waals surface area contributed by atoms with Crippen LogP contribution in [0.15, 0.2) is 77.3 Å². The number of aromatic nitrogens is 1. The van der Waals surface area contributed by atoms with Gasteiger partial charge in [-0.15, -0.1) is 0 Å². The second-order valence-electron chi connectivity index (χ2n) is 7.21. The summed E-state index contributed by atoms with van der Waals surface area (Å²) in [5.74, 6) is 0.295. The number of primary amides is 1. The zero-order valence-corrected chi connectivity index (χ0v) is 18.8. The molecule has 0 aliphatic carbocycles. The van der Waals surface area contributed by atoms with Gasteiger partial charge >= 0.3 is 0 Å². The number of H-pyrrole nitrogens is 1. The molecule has 160 valence electrons. The molecule has 1 amide bonds. The Hall–Kier alpha value is -3.84. The number of ketones is 1. The van der Waals surface area contributed by atoms with Gasteiger partial charge in [0.1, 0.15) is 17.2 Å². The topological polar surface area (TPSA) is 111 Å². The normalized spacial score (nSPS) is 10.7. The monoisotopic (exact) mass is 489 g/mol. The third-order valence-corrected chi connectivity index (χ3v) is 6.01. The van der Waals surface area contributed by atoms with Crippen molar-refractivity contribution in [2.45, 2.75) is 6.92 Å². The zero-order valence-electron chi connectivity index (χ0n) is 17.2. The van der Waals surface area contributed by atoms with E-state index in [2.05, 4.69) is 20.9 Å². The summed E-state index contributed by atoms with van der Waals surface area (Å²) in [5.41, 5.74) is 14.3. The van der Waals surface area contributed by atoms with E-state index < -0.39 is 5.91 Å². The average molecular weight is 490 g/mol. The number of halogens is 1. The van der Waals surface area contributed by atoms with Gasteiger partial charge in [-0.2, -0.15) is 0 Å². The van der Waals surface area contributed by atoms with Gasteiger partial charge in [0.15, 0.2) is 0 Å². The molecular weight excluding hydrogens is 470 g/mol. The molecule has 0 spiro atoms. The summed E-state index contributed by atoms with van der Waals surface area (Å²) in [6, 6.07) is 21.8. The van der Waals surface area contributed by atoms with Crippen LogP contribution >= 0.6 is 15.9 Å². The second-order valence-corrected chi connectivity index (χ2v) is 8.06. The number of para-hydroxylation sites is 1. The highest BCUT2D eigenvalue weighted by atomic mass is 79.9. The van der Waals surface area contributed by atoms with E-state index in [0.717, 1.165) is 10.0 Å². The van der Waals surface area contributed by atoms with E-state index in [0.29, 0.717) is 28.3 Å². The number of carbonyl (C=O) groups is 2. The van der Waals surface area contributed by atoms with E-state index in [1.165, 1.54) is 0 Å². The summed E-state index contributed by atoms with van der Waals surface area (Å²) in [5, 5.41) is 0. The van der Waals surface area contributed by atoms with Crippen molar-refractivity contribution in [2.24, 2.45) is 5.73 Å². The van der Waals surface area contributed by atoms with Crippen LogP contribution in [-0.4, -0.2) is 16.7 Å². The van der Waals surface area contributed by atoms with Gasteiger partial charge in [0.05, 0.1) is 16.9 Å². The third-order valence-electron chi connectivity index (χ3n) is 5.15. The number of nitrogens with two attached hydrogens (primary N) is 2. The fourth-order valence-electron chi connectivity index (χ4n) is 3.47. The predicted molar refractivity (Wildman–Crippen MR) is 128 cm³/mol. The Kier molecular flexibility index (Phi) is 5.83. The van der Waals surface area contributed by atoms with Crippen molar-refractivity contribution in [3.63, 3.8) is 0 Å². The SMILES string of the molecule is Cc1c(Br)cccc1C(=O)c1[nH]c(-c2ccc(Oc3ccccc3)cc2)c(C(N)=O)c1N. The molecular formula is C25H20BrN3O3. The summed E-state index contributed by atoms with van der Waals surface area (Å²) in [7, 11) is 0. The Morgan fingerprint density at radius 2 is 1.56 bits per heavy atom. The number of hydrogen-bond donors (Lipinski definition) is 3. The van der Waals surface area contributed by atoms with Crippen LogP contribution < -0.4 is 16.2 Å². The molecule has 0 aliphatic heterocycles. The van der Waals surface area contributed by atoms with Gasteiger partial charge in [-0.05, 0) is 60.5 Å². The van der Waals surface area contributed by atoms with Gasteiger partial charge in [-0.3, -0.25) is 9.59 Å². The van der Waals surface area contributed by atoms with Crippen molar-refractivity contribution in [1.29, 1.82) is 0 Å². The molecule has 0 unspecified atom stereocenters. The quantitative estimate of drug-likeness (QED) is 0.312. The van der Waals surface area contributed by atoms with Crippen molar-refractivity contribution < 1.29 is 14.3 Å². The molecule has 0 aliphatic rings. The molecule has 0 saturated carbocycles. The Balaban J connectivity index is 1.72. The van der Waals surface area contributed by atoms with Gasteiger partial charge < -0.3 is 21.2 Å². The molecule has 32 heavy (non-hydrogen) atoms. The predicted octanol–water partition coefficient (Wildman–Crippen LogP) is 5.46. The number of aromatic amines is 1. The van der Waals surface area contributed by atoms with Crippen LogP contribution in [0.2, 0.25) is 0 Å². The largest absolute Gasteiger partial charge is 0.457 e. The highest BCUT2D eigenvalue weighted by molar-refractivity contribution is 9.10.